The molecule has 0 unspecified atom stereocenters. The second kappa shape index (κ2) is 4.57. The monoisotopic (exact) mass is 321 g/mol. The minimum atomic E-state index is 0.472. The number of rotatable bonds is 1. The van der Waals surface area contributed by atoms with Crippen LogP contribution in [0.25, 0.3) is 0 Å². The van der Waals surface area contributed by atoms with Gasteiger partial charge in [-0.2, -0.15) is 0 Å². The van der Waals surface area contributed by atoms with Crippen molar-refractivity contribution in [3.63, 3.8) is 0 Å². The summed E-state index contributed by atoms with van der Waals surface area (Å²) in [4.78, 5) is 2.64. The molecule has 0 N–H and O–H groups in total. The molecule has 2 fully saturated rings. The number of fused-ring (bicyclic) bond motifs is 2. The Bertz CT molecular complexity index is 490. The number of hydrogen-bond acceptors (Lipinski definition) is 2. The topological polar surface area (TPSA) is 12.5 Å². The Morgan fingerprint density at radius 2 is 1.95 bits per heavy atom. The average Bonchev–Trinajstić information content (AvgIpc) is 2.69. The summed E-state index contributed by atoms with van der Waals surface area (Å²) in [7, 11) is 0. The molecule has 2 saturated heterocycles. The van der Waals surface area contributed by atoms with Gasteiger partial charge in [0.05, 0.1) is 19.3 Å². The summed E-state index contributed by atoms with van der Waals surface area (Å²) in [5, 5.41) is 0. The molecular weight excluding hydrogens is 302 g/mol. The molecule has 4 rings (SSSR count). The standard InChI is InChI=1S/C16H20BrNO/c17-13-2-1-12-3-4-16(15(12)9-13)5-7-18(8-6-16)14-10-19-11-14/h1-2,9,14H,3-8,10-11H2. The van der Waals surface area contributed by atoms with Crippen molar-refractivity contribution in [1.29, 1.82) is 0 Å². The Labute approximate surface area is 123 Å². The van der Waals surface area contributed by atoms with E-state index < -0.39 is 0 Å². The zero-order valence-electron chi connectivity index (χ0n) is 11.2. The number of piperidine rings is 1. The Morgan fingerprint density at radius 1 is 1.16 bits per heavy atom. The fourth-order valence-electron chi connectivity index (χ4n) is 4.04. The molecule has 0 aromatic heterocycles. The van der Waals surface area contributed by atoms with E-state index in [0.29, 0.717) is 11.5 Å². The molecule has 0 bridgehead atoms. The van der Waals surface area contributed by atoms with Crippen molar-refractivity contribution < 1.29 is 4.74 Å². The number of nitrogens with zero attached hydrogens (tertiary/aromatic N) is 1. The summed E-state index contributed by atoms with van der Waals surface area (Å²) < 4.78 is 6.57. The molecular formula is C16H20BrNO. The van der Waals surface area contributed by atoms with Gasteiger partial charge < -0.3 is 4.74 Å². The molecule has 3 aliphatic rings. The highest BCUT2D eigenvalue weighted by molar-refractivity contribution is 9.10. The molecule has 19 heavy (non-hydrogen) atoms. The zero-order valence-corrected chi connectivity index (χ0v) is 12.8. The maximum atomic E-state index is 5.33. The van der Waals surface area contributed by atoms with Crippen LogP contribution in [-0.4, -0.2) is 37.2 Å². The number of hydrogen-bond donors (Lipinski definition) is 0. The second-order valence-electron chi connectivity index (χ2n) is 6.31. The highest BCUT2D eigenvalue weighted by Crippen LogP contribution is 2.47. The van der Waals surface area contributed by atoms with E-state index in [1.807, 2.05) is 0 Å². The molecule has 1 spiro atoms. The van der Waals surface area contributed by atoms with Crippen LogP contribution in [0.4, 0.5) is 0 Å². The van der Waals surface area contributed by atoms with E-state index in [-0.39, 0.29) is 0 Å². The molecule has 2 heterocycles. The number of halogens is 1. The summed E-state index contributed by atoms with van der Waals surface area (Å²) in [6.45, 7) is 4.41. The lowest BCUT2D eigenvalue weighted by Crippen LogP contribution is -2.53. The number of likely N-dealkylation sites (tertiary alicyclic amines) is 1. The first-order valence-electron chi connectivity index (χ1n) is 7.38. The fraction of sp³-hybridized carbons (Fsp3) is 0.625. The van der Waals surface area contributed by atoms with Crippen molar-refractivity contribution in [2.75, 3.05) is 26.3 Å². The van der Waals surface area contributed by atoms with Gasteiger partial charge in [0.25, 0.3) is 0 Å². The van der Waals surface area contributed by atoms with Crippen LogP contribution in [0.1, 0.15) is 30.4 Å². The van der Waals surface area contributed by atoms with Gasteiger partial charge in [0, 0.05) is 4.47 Å². The van der Waals surface area contributed by atoms with Gasteiger partial charge in [-0.3, -0.25) is 4.90 Å². The van der Waals surface area contributed by atoms with Crippen LogP contribution in [0.15, 0.2) is 22.7 Å². The third-order valence-corrected chi connectivity index (χ3v) is 5.90. The molecule has 1 aromatic rings. The largest absolute Gasteiger partial charge is 0.378 e. The second-order valence-corrected chi connectivity index (χ2v) is 7.22. The molecule has 1 aromatic carbocycles. The van der Waals surface area contributed by atoms with Crippen molar-refractivity contribution in [1.82, 2.24) is 4.90 Å². The van der Waals surface area contributed by atoms with Crippen molar-refractivity contribution in [3.8, 4) is 0 Å². The SMILES string of the molecule is Brc1ccc2c(c1)C1(CC2)CCN(C2COC2)CC1. The Balaban J connectivity index is 1.56. The highest BCUT2D eigenvalue weighted by atomic mass is 79.9. The van der Waals surface area contributed by atoms with Crippen molar-refractivity contribution in [3.05, 3.63) is 33.8 Å². The van der Waals surface area contributed by atoms with Crippen LogP contribution in [0.2, 0.25) is 0 Å². The smallest absolute Gasteiger partial charge is 0.0645 e. The Hall–Kier alpha value is -0.380. The third kappa shape index (κ3) is 1.98. The Kier molecular flexibility index (Phi) is 2.98. The third-order valence-electron chi connectivity index (χ3n) is 5.41. The van der Waals surface area contributed by atoms with Gasteiger partial charge in [-0.25, -0.2) is 0 Å². The van der Waals surface area contributed by atoms with E-state index >= 15 is 0 Å². The van der Waals surface area contributed by atoms with Gasteiger partial charge in [-0.1, -0.05) is 22.0 Å². The van der Waals surface area contributed by atoms with Gasteiger partial charge in [0.2, 0.25) is 0 Å². The zero-order chi connectivity index (χ0) is 12.9. The number of benzene rings is 1. The minimum absolute atomic E-state index is 0.472. The fourth-order valence-corrected chi connectivity index (χ4v) is 4.40. The first-order chi connectivity index (χ1) is 9.27. The summed E-state index contributed by atoms with van der Waals surface area (Å²) in [5.74, 6) is 0. The van der Waals surface area contributed by atoms with E-state index in [1.54, 1.807) is 11.1 Å². The molecule has 0 amide bonds. The summed E-state index contributed by atoms with van der Waals surface area (Å²) in [5.41, 5.74) is 3.69. The molecule has 0 atom stereocenters. The van der Waals surface area contributed by atoms with E-state index in [0.717, 1.165) is 13.2 Å². The van der Waals surface area contributed by atoms with Crippen LogP contribution in [0.3, 0.4) is 0 Å². The lowest BCUT2D eigenvalue weighted by atomic mass is 9.73. The van der Waals surface area contributed by atoms with Gasteiger partial charge in [-0.05, 0) is 67.4 Å². The summed E-state index contributed by atoms with van der Waals surface area (Å²) in [6.07, 6.45) is 5.28. The van der Waals surface area contributed by atoms with Crippen molar-refractivity contribution in [2.45, 2.75) is 37.1 Å². The first kappa shape index (κ1) is 12.4. The Morgan fingerprint density at radius 3 is 2.63 bits per heavy atom. The van der Waals surface area contributed by atoms with Gasteiger partial charge in [0.1, 0.15) is 0 Å². The van der Waals surface area contributed by atoms with Crippen LogP contribution in [0, 0.1) is 0 Å². The molecule has 0 radical (unpaired) electrons. The van der Waals surface area contributed by atoms with E-state index in [1.165, 1.54) is 43.2 Å². The van der Waals surface area contributed by atoms with Crippen LogP contribution in [-0.2, 0) is 16.6 Å². The molecule has 0 saturated carbocycles. The molecule has 2 nitrogen and oxygen atoms in total. The summed E-state index contributed by atoms with van der Waals surface area (Å²) in [6, 6.07) is 7.60. The summed E-state index contributed by atoms with van der Waals surface area (Å²) >= 11 is 3.64. The van der Waals surface area contributed by atoms with Gasteiger partial charge in [-0.15, -0.1) is 0 Å². The molecule has 2 aliphatic heterocycles. The molecule has 3 heteroatoms. The van der Waals surface area contributed by atoms with Crippen LogP contribution >= 0.6 is 15.9 Å². The molecule has 1 aliphatic carbocycles. The highest BCUT2D eigenvalue weighted by Gasteiger charge is 2.42. The van der Waals surface area contributed by atoms with E-state index in [2.05, 4.69) is 39.0 Å². The van der Waals surface area contributed by atoms with Crippen LogP contribution < -0.4 is 0 Å². The number of aryl methyl sites for hydroxylation is 1. The van der Waals surface area contributed by atoms with Crippen molar-refractivity contribution >= 4 is 15.9 Å². The lowest BCUT2D eigenvalue weighted by Gasteiger charge is -2.45. The predicted molar refractivity (Wildman–Crippen MR) is 79.6 cm³/mol. The molecule has 102 valence electrons. The maximum absolute atomic E-state index is 5.33. The quantitative estimate of drug-likeness (QED) is 0.788. The van der Waals surface area contributed by atoms with E-state index in [9.17, 15) is 0 Å². The predicted octanol–water partition coefficient (Wildman–Crippen LogP) is 3.13. The van der Waals surface area contributed by atoms with Gasteiger partial charge in [0.15, 0.2) is 0 Å². The van der Waals surface area contributed by atoms with Crippen molar-refractivity contribution in [2.24, 2.45) is 0 Å². The minimum Gasteiger partial charge on any atom is -0.378 e. The maximum Gasteiger partial charge on any atom is 0.0645 e. The lowest BCUT2D eigenvalue weighted by molar-refractivity contribution is -0.0758. The average molecular weight is 322 g/mol. The van der Waals surface area contributed by atoms with E-state index in [4.69, 9.17) is 4.74 Å². The van der Waals surface area contributed by atoms with Crippen LogP contribution in [0.5, 0.6) is 0 Å². The number of ether oxygens (including phenoxy) is 1. The van der Waals surface area contributed by atoms with Gasteiger partial charge >= 0.3 is 0 Å². The normalized spacial score (nSPS) is 26.4. The first-order valence-corrected chi connectivity index (χ1v) is 8.17.